The van der Waals surface area contributed by atoms with Crippen LogP contribution in [0, 0.1) is 12.3 Å². The maximum atomic E-state index is 10.9. The zero-order chi connectivity index (χ0) is 11.3. The first-order valence-electron chi connectivity index (χ1n) is 4.56. The molecule has 0 atom stereocenters. The van der Waals surface area contributed by atoms with Crippen LogP contribution in [0.15, 0.2) is 18.5 Å². The molecule has 0 aromatic carbocycles. The number of aromatic nitrogens is 1. The molecule has 1 N–H and O–H groups in total. The second-order valence-corrected chi connectivity index (χ2v) is 2.92. The average Bonchev–Trinajstić information content (AvgIpc) is 2.26. The Kier molecular flexibility index (Phi) is 3.69. The molecule has 0 unspecified atom stereocenters. The number of rotatable bonds is 4. The van der Waals surface area contributed by atoms with E-state index in [-0.39, 0.29) is 5.56 Å². The van der Waals surface area contributed by atoms with Gasteiger partial charge in [0.15, 0.2) is 0 Å². The Balaban J connectivity index is 3.11. The molecule has 1 heterocycles. The number of nitrogens with zero attached hydrogens (tertiary/aromatic N) is 2. The first kappa shape index (κ1) is 11.1. The van der Waals surface area contributed by atoms with Gasteiger partial charge >= 0.3 is 5.97 Å². The van der Waals surface area contributed by atoms with Gasteiger partial charge in [0, 0.05) is 12.7 Å². The van der Waals surface area contributed by atoms with Crippen molar-refractivity contribution in [1.29, 1.82) is 0 Å². The van der Waals surface area contributed by atoms with Crippen LogP contribution in [0.4, 0.5) is 5.69 Å². The molecule has 0 radical (unpaired) electrons. The van der Waals surface area contributed by atoms with E-state index in [1.165, 1.54) is 18.5 Å². The average molecular weight is 204 g/mol. The smallest absolute Gasteiger partial charge is 0.337 e. The fourth-order valence-corrected chi connectivity index (χ4v) is 1.30. The third-order valence-electron chi connectivity index (χ3n) is 2.04. The van der Waals surface area contributed by atoms with Gasteiger partial charge in [-0.1, -0.05) is 5.92 Å². The van der Waals surface area contributed by atoms with Crippen LogP contribution in [0.3, 0.4) is 0 Å². The highest BCUT2D eigenvalue weighted by Crippen LogP contribution is 2.18. The maximum Gasteiger partial charge on any atom is 0.337 e. The summed E-state index contributed by atoms with van der Waals surface area (Å²) in [5.74, 6) is 1.52. The summed E-state index contributed by atoms with van der Waals surface area (Å²) >= 11 is 0. The van der Waals surface area contributed by atoms with Gasteiger partial charge in [0.1, 0.15) is 0 Å². The van der Waals surface area contributed by atoms with Gasteiger partial charge in [0.25, 0.3) is 0 Å². The molecule has 4 nitrogen and oxygen atoms in total. The number of hydrogen-bond donors (Lipinski definition) is 1. The van der Waals surface area contributed by atoms with Crippen molar-refractivity contribution in [3.63, 3.8) is 0 Å². The van der Waals surface area contributed by atoms with E-state index < -0.39 is 5.97 Å². The summed E-state index contributed by atoms with van der Waals surface area (Å²) in [5, 5.41) is 8.97. The van der Waals surface area contributed by atoms with Crippen molar-refractivity contribution < 1.29 is 9.90 Å². The number of carboxylic acid groups (broad SMARTS) is 1. The van der Waals surface area contributed by atoms with Gasteiger partial charge in [0.2, 0.25) is 0 Å². The van der Waals surface area contributed by atoms with E-state index in [1.807, 2.05) is 6.92 Å². The zero-order valence-electron chi connectivity index (χ0n) is 8.47. The third kappa shape index (κ3) is 2.47. The normalized spacial score (nSPS) is 9.33. The summed E-state index contributed by atoms with van der Waals surface area (Å²) in [4.78, 5) is 16.6. The molecule has 15 heavy (non-hydrogen) atoms. The van der Waals surface area contributed by atoms with Crippen LogP contribution in [0.5, 0.6) is 0 Å². The van der Waals surface area contributed by atoms with Gasteiger partial charge in [0.05, 0.1) is 24.0 Å². The lowest BCUT2D eigenvalue weighted by Crippen LogP contribution is -2.25. The largest absolute Gasteiger partial charge is 0.478 e. The number of aromatic carboxylic acids is 1. The van der Waals surface area contributed by atoms with Gasteiger partial charge in [-0.15, -0.1) is 6.42 Å². The van der Waals surface area contributed by atoms with E-state index in [9.17, 15) is 4.79 Å². The van der Waals surface area contributed by atoms with Crippen LogP contribution < -0.4 is 4.90 Å². The lowest BCUT2D eigenvalue weighted by Gasteiger charge is -2.21. The molecule has 0 fully saturated rings. The standard InChI is InChI=1S/C11H12N2O2/c1-3-7-13(4-2)10-8-12-6-5-9(10)11(14)15/h1,5-6,8H,4,7H2,2H3,(H,14,15). The molecule has 1 aromatic heterocycles. The molecule has 0 aliphatic heterocycles. The van der Waals surface area contributed by atoms with Crippen LogP contribution in [0.2, 0.25) is 0 Å². The van der Waals surface area contributed by atoms with Crippen molar-refractivity contribution in [2.75, 3.05) is 18.0 Å². The van der Waals surface area contributed by atoms with E-state index in [4.69, 9.17) is 11.5 Å². The monoisotopic (exact) mass is 204 g/mol. The van der Waals surface area contributed by atoms with Crippen molar-refractivity contribution in [2.45, 2.75) is 6.92 Å². The number of anilines is 1. The minimum absolute atomic E-state index is 0.224. The summed E-state index contributed by atoms with van der Waals surface area (Å²) in [6.45, 7) is 2.94. The van der Waals surface area contributed by atoms with Crippen molar-refractivity contribution in [3.05, 3.63) is 24.0 Å². The van der Waals surface area contributed by atoms with E-state index >= 15 is 0 Å². The van der Waals surface area contributed by atoms with Gasteiger partial charge in [-0.25, -0.2) is 4.79 Å². The zero-order valence-corrected chi connectivity index (χ0v) is 8.47. The number of hydrogen-bond acceptors (Lipinski definition) is 3. The predicted molar refractivity (Wildman–Crippen MR) is 57.9 cm³/mol. The molecular formula is C11H12N2O2. The minimum Gasteiger partial charge on any atom is -0.478 e. The Morgan fingerprint density at radius 3 is 3.00 bits per heavy atom. The van der Waals surface area contributed by atoms with Gasteiger partial charge < -0.3 is 10.0 Å². The Bertz CT molecular complexity index is 396. The van der Waals surface area contributed by atoms with Crippen LogP contribution in [-0.4, -0.2) is 29.1 Å². The lowest BCUT2D eigenvalue weighted by atomic mass is 10.2. The highest BCUT2D eigenvalue weighted by molar-refractivity contribution is 5.94. The van der Waals surface area contributed by atoms with E-state index in [1.54, 1.807) is 4.90 Å². The molecule has 1 aromatic rings. The summed E-state index contributed by atoms with van der Waals surface area (Å²) in [6, 6.07) is 1.47. The van der Waals surface area contributed by atoms with Crippen molar-refractivity contribution in [3.8, 4) is 12.3 Å². The predicted octanol–water partition coefficient (Wildman–Crippen LogP) is 1.24. The summed E-state index contributed by atoms with van der Waals surface area (Å²) < 4.78 is 0. The Morgan fingerprint density at radius 1 is 1.73 bits per heavy atom. The molecular weight excluding hydrogens is 192 g/mol. The van der Waals surface area contributed by atoms with E-state index in [0.717, 1.165) is 0 Å². The Labute approximate surface area is 88.6 Å². The van der Waals surface area contributed by atoms with Crippen molar-refractivity contribution in [1.82, 2.24) is 4.98 Å². The second kappa shape index (κ2) is 5.01. The highest BCUT2D eigenvalue weighted by atomic mass is 16.4. The molecule has 0 aliphatic carbocycles. The van der Waals surface area contributed by atoms with Crippen molar-refractivity contribution in [2.24, 2.45) is 0 Å². The molecule has 4 heteroatoms. The van der Waals surface area contributed by atoms with Crippen LogP contribution in [0.1, 0.15) is 17.3 Å². The first-order chi connectivity index (χ1) is 7.20. The van der Waals surface area contributed by atoms with Gasteiger partial charge in [-0.05, 0) is 13.0 Å². The van der Waals surface area contributed by atoms with Gasteiger partial charge in [-0.3, -0.25) is 4.98 Å². The maximum absolute atomic E-state index is 10.9. The van der Waals surface area contributed by atoms with Crippen LogP contribution in [-0.2, 0) is 0 Å². The molecule has 0 bridgehead atoms. The van der Waals surface area contributed by atoms with Gasteiger partial charge in [-0.2, -0.15) is 0 Å². The first-order valence-corrected chi connectivity index (χ1v) is 4.56. The Morgan fingerprint density at radius 2 is 2.47 bits per heavy atom. The second-order valence-electron chi connectivity index (χ2n) is 2.92. The summed E-state index contributed by atoms with van der Waals surface area (Å²) in [6.07, 6.45) is 8.18. The highest BCUT2D eigenvalue weighted by Gasteiger charge is 2.13. The molecule has 0 saturated heterocycles. The number of pyridine rings is 1. The molecule has 0 aliphatic rings. The molecule has 0 saturated carbocycles. The molecule has 1 rings (SSSR count). The summed E-state index contributed by atoms with van der Waals surface area (Å²) in [7, 11) is 0. The quantitative estimate of drug-likeness (QED) is 0.750. The third-order valence-corrected chi connectivity index (χ3v) is 2.04. The fraction of sp³-hybridized carbons (Fsp3) is 0.273. The van der Waals surface area contributed by atoms with Crippen LogP contribution in [0.25, 0.3) is 0 Å². The fourth-order valence-electron chi connectivity index (χ4n) is 1.30. The summed E-state index contributed by atoms with van der Waals surface area (Å²) in [5.41, 5.74) is 0.785. The van der Waals surface area contributed by atoms with Crippen LogP contribution >= 0.6 is 0 Å². The van der Waals surface area contributed by atoms with E-state index in [2.05, 4.69) is 10.9 Å². The SMILES string of the molecule is C#CCN(CC)c1cnccc1C(=O)O. The number of terminal acetylenes is 1. The number of carbonyl (C=O) groups is 1. The van der Waals surface area contributed by atoms with E-state index in [0.29, 0.717) is 18.8 Å². The number of carboxylic acids is 1. The Hall–Kier alpha value is -2.02. The lowest BCUT2D eigenvalue weighted by molar-refractivity contribution is 0.0697. The minimum atomic E-state index is -0.970. The van der Waals surface area contributed by atoms with Crippen molar-refractivity contribution >= 4 is 11.7 Å². The molecule has 78 valence electrons. The molecule has 0 spiro atoms. The molecule has 0 amide bonds. The topological polar surface area (TPSA) is 53.4 Å².